The minimum Gasteiger partial charge on any atom is -0.482 e. The molecule has 2 aromatic rings. The van der Waals surface area contributed by atoms with Crippen molar-refractivity contribution in [2.45, 2.75) is 25.7 Å². The summed E-state index contributed by atoms with van der Waals surface area (Å²) in [4.78, 5) is 27.3. The third-order valence-electron chi connectivity index (χ3n) is 3.89. The van der Waals surface area contributed by atoms with Crippen LogP contribution in [0.25, 0.3) is 0 Å². The van der Waals surface area contributed by atoms with E-state index in [0.29, 0.717) is 17.0 Å². The van der Waals surface area contributed by atoms with E-state index in [9.17, 15) is 9.59 Å². The maximum absolute atomic E-state index is 12.4. The SMILES string of the molecule is O=C(O)COc1cccc(C(=O)Nc2cnc3c(c2)CCCC3)c1. The largest absolute Gasteiger partial charge is 0.482 e. The molecule has 6 heteroatoms. The molecular weight excluding hydrogens is 308 g/mol. The van der Waals surface area contributed by atoms with Gasteiger partial charge in [0.25, 0.3) is 5.91 Å². The molecule has 24 heavy (non-hydrogen) atoms. The lowest BCUT2D eigenvalue weighted by Crippen LogP contribution is -2.14. The fourth-order valence-corrected chi connectivity index (χ4v) is 2.73. The minimum absolute atomic E-state index is 0.284. The molecule has 1 amide bonds. The van der Waals surface area contributed by atoms with Crippen molar-refractivity contribution in [3.8, 4) is 5.75 Å². The summed E-state index contributed by atoms with van der Waals surface area (Å²) in [5.74, 6) is -1.01. The number of carbonyl (C=O) groups excluding carboxylic acids is 1. The van der Waals surface area contributed by atoms with Crippen molar-refractivity contribution in [2.75, 3.05) is 11.9 Å². The Labute approximate surface area is 139 Å². The average Bonchev–Trinajstić information content (AvgIpc) is 2.60. The Hall–Kier alpha value is -2.89. The number of anilines is 1. The summed E-state index contributed by atoms with van der Waals surface area (Å²) in [6, 6.07) is 8.40. The van der Waals surface area contributed by atoms with Crippen LogP contribution in [0.3, 0.4) is 0 Å². The zero-order valence-electron chi connectivity index (χ0n) is 13.1. The molecule has 0 spiro atoms. The predicted molar refractivity (Wildman–Crippen MR) is 88.4 cm³/mol. The van der Waals surface area contributed by atoms with Crippen LogP contribution in [-0.4, -0.2) is 28.6 Å². The Kier molecular flexibility index (Phi) is 4.74. The molecule has 6 nitrogen and oxygen atoms in total. The van der Waals surface area contributed by atoms with E-state index >= 15 is 0 Å². The number of aryl methyl sites for hydroxylation is 2. The summed E-state index contributed by atoms with van der Waals surface area (Å²) in [6.45, 7) is -0.445. The second-order valence-corrected chi connectivity index (χ2v) is 5.70. The van der Waals surface area contributed by atoms with Gasteiger partial charge in [-0.3, -0.25) is 9.78 Å². The molecule has 0 saturated carbocycles. The molecule has 0 atom stereocenters. The highest BCUT2D eigenvalue weighted by molar-refractivity contribution is 6.04. The molecule has 0 bridgehead atoms. The highest BCUT2D eigenvalue weighted by atomic mass is 16.5. The van der Waals surface area contributed by atoms with Gasteiger partial charge < -0.3 is 15.2 Å². The highest BCUT2D eigenvalue weighted by Crippen LogP contribution is 2.22. The van der Waals surface area contributed by atoms with Gasteiger partial charge in [-0.25, -0.2) is 4.79 Å². The molecule has 124 valence electrons. The van der Waals surface area contributed by atoms with Gasteiger partial charge in [-0.05, 0) is 55.5 Å². The van der Waals surface area contributed by atoms with Gasteiger partial charge in [0.15, 0.2) is 6.61 Å². The van der Waals surface area contributed by atoms with E-state index in [1.165, 1.54) is 11.6 Å². The summed E-state index contributed by atoms with van der Waals surface area (Å²) >= 11 is 0. The molecule has 1 heterocycles. The van der Waals surface area contributed by atoms with Gasteiger partial charge in [0.1, 0.15) is 5.75 Å². The molecule has 3 rings (SSSR count). The molecule has 0 saturated heterocycles. The number of fused-ring (bicyclic) bond motifs is 1. The number of carboxylic acids is 1. The number of nitrogens with one attached hydrogen (secondary N) is 1. The van der Waals surface area contributed by atoms with Gasteiger partial charge in [0, 0.05) is 11.3 Å². The summed E-state index contributed by atoms with van der Waals surface area (Å²) in [7, 11) is 0. The standard InChI is InChI=1S/C18H18N2O4/c21-17(22)11-24-15-6-3-5-13(9-15)18(23)20-14-8-12-4-1-2-7-16(12)19-10-14/h3,5-6,8-10H,1-2,4,7,11H2,(H,20,23)(H,21,22). The number of amides is 1. The van der Waals surface area contributed by atoms with E-state index in [0.717, 1.165) is 31.4 Å². The van der Waals surface area contributed by atoms with Crippen LogP contribution >= 0.6 is 0 Å². The van der Waals surface area contributed by atoms with E-state index in [1.54, 1.807) is 24.4 Å². The molecule has 1 aliphatic rings. The summed E-state index contributed by atoms with van der Waals surface area (Å²) in [5.41, 5.74) is 3.37. The summed E-state index contributed by atoms with van der Waals surface area (Å²) in [6.07, 6.45) is 5.97. The zero-order chi connectivity index (χ0) is 16.9. The number of aromatic nitrogens is 1. The maximum atomic E-state index is 12.4. The molecule has 0 aliphatic heterocycles. The van der Waals surface area contributed by atoms with E-state index in [2.05, 4.69) is 10.3 Å². The molecule has 0 fully saturated rings. The minimum atomic E-state index is -1.06. The van der Waals surface area contributed by atoms with Crippen LogP contribution in [0.4, 0.5) is 5.69 Å². The molecule has 2 N–H and O–H groups in total. The van der Waals surface area contributed by atoms with Gasteiger partial charge >= 0.3 is 5.97 Å². The number of hydrogen-bond donors (Lipinski definition) is 2. The molecular formula is C18H18N2O4. The number of carbonyl (C=O) groups is 2. The third-order valence-corrected chi connectivity index (χ3v) is 3.89. The number of ether oxygens (including phenoxy) is 1. The smallest absolute Gasteiger partial charge is 0.341 e. The van der Waals surface area contributed by atoms with Gasteiger partial charge in [-0.2, -0.15) is 0 Å². The van der Waals surface area contributed by atoms with Crippen LogP contribution in [0.2, 0.25) is 0 Å². The van der Waals surface area contributed by atoms with Crippen molar-refractivity contribution in [3.63, 3.8) is 0 Å². The maximum Gasteiger partial charge on any atom is 0.341 e. The third kappa shape index (κ3) is 3.90. The molecule has 1 aliphatic carbocycles. The number of pyridine rings is 1. The predicted octanol–water partition coefficient (Wildman–Crippen LogP) is 2.68. The molecule has 1 aromatic heterocycles. The van der Waals surface area contributed by atoms with Gasteiger partial charge in [-0.1, -0.05) is 6.07 Å². The first-order chi connectivity index (χ1) is 11.6. The fourth-order valence-electron chi connectivity index (χ4n) is 2.73. The Balaban J connectivity index is 1.70. The number of hydrogen-bond acceptors (Lipinski definition) is 4. The van der Waals surface area contributed by atoms with Crippen LogP contribution in [0.1, 0.15) is 34.5 Å². The zero-order valence-corrected chi connectivity index (χ0v) is 13.1. The second kappa shape index (κ2) is 7.12. The first kappa shape index (κ1) is 16.0. The Morgan fingerprint density at radius 2 is 2.04 bits per heavy atom. The summed E-state index contributed by atoms with van der Waals surface area (Å²) < 4.78 is 5.09. The van der Waals surface area contributed by atoms with Crippen molar-refractivity contribution in [1.82, 2.24) is 4.98 Å². The topological polar surface area (TPSA) is 88.5 Å². The van der Waals surface area contributed by atoms with Crippen LogP contribution in [-0.2, 0) is 17.6 Å². The van der Waals surface area contributed by atoms with Crippen molar-refractivity contribution < 1.29 is 19.4 Å². The van der Waals surface area contributed by atoms with Crippen LogP contribution in [0.5, 0.6) is 5.75 Å². The quantitative estimate of drug-likeness (QED) is 0.882. The Morgan fingerprint density at radius 1 is 1.21 bits per heavy atom. The molecule has 1 aromatic carbocycles. The number of aliphatic carboxylic acids is 1. The fraction of sp³-hybridized carbons (Fsp3) is 0.278. The highest BCUT2D eigenvalue weighted by Gasteiger charge is 2.13. The van der Waals surface area contributed by atoms with Crippen molar-refractivity contribution in [1.29, 1.82) is 0 Å². The number of carboxylic acid groups (broad SMARTS) is 1. The number of rotatable bonds is 5. The first-order valence-corrected chi connectivity index (χ1v) is 7.85. The van der Waals surface area contributed by atoms with E-state index in [1.807, 2.05) is 6.07 Å². The van der Waals surface area contributed by atoms with Crippen LogP contribution < -0.4 is 10.1 Å². The van der Waals surface area contributed by atoms with Crippen LogP contribution in [0.15, 0.2) is 36.5 Å². The van der Waals surface area contributed by atoms with E-state index in [-0.39, 0.29) is 5.91 Å². The number of benzene rings is 1. The number of nitrogens with zero attached hydrogens (tertiary/aromatic N) is 1. The lowest BCUT2D eigenvalue weighted by Gasteiger charge is -2.15. The molecule has 0 unspecified atom stereocenters. The monoisotopic (exact) mass is 326 g/mol. The van der Waals surface area contributed by atoms with Gasteiger partial charge in [0.2, 0.25) is 0 Å². The van der Waals surface area contributed by atoms with Crippen molar-refractivity contribution in [2.24, 2.45) is 0 Å². The first-order valence-electron chi connectivity index (χ1n) is 7.85. The lowest BCUT2D eigenvalue weighted by molar-refractivity contribution is -0.139. The van der Waals surface area contributed by atoms with Gasteiger partial charge in [-0.15, -0.1) is 0 Å². The Morgan fingerprint density at radius 3 is 2.88 bits per heavy atom. The van der Waals surface area contributed by atoms with Crippen molar-refractivity contribution in [3.05, 3.63) is 53.3 Å². The normalized spacial score (nSPS) is 13.0. The average molecular weight is 326 g/mol. The second-order valence-electron chi connectivity index (χ2n) is 5.70. The Bertz CT molecular complexity index is 773. The molecule has 0 radical (unpaired) electrons. The van der Waals surface area contributed by atoms with Crippen LogP contribution in [0, 0.1) is 0 Å². The van der Waals surface area contributed by atoms with E-state index in [4.69, 9.17) is 9.84 Å². The summed E-state index contributed by atoms with van der Waals surface area (Å²) in [5, 5.41) is 11.5. The van der Waals surface area contributed by atoms with E-state index < -0.39 is 12.6 Å². The lowest BCUT2D eigenvalue weighted by atomic mass is 9.96. The van der Waals surface area contributed by atoms with Gasteiger partial charge in [0.05, 0.1) is 11.9 Å². The van der Waals surface area contributed by atoms with Crippen molar-refractivity contribution >= 4 is 17.6 Å².